The molecule has 0 radical (unpaired) electrons. The number of benzene rings is 2. The molecule has 0 bridgehead atoms. The summed E-state index contributed by atoms with van der Waals surface area (Å²) in [6.45, 7) is 10.4. The fourth-order valence-electron chi connectivity index (χ4n) is 5.23. The number of carbonyl (C=O) groups is 1. The van der Waals surface area contributed by atoms with Gasteiger partial charge < -0.3 is 18.9 Å². The number of nitrogens with zero attached hydrogens (tertiary/aromatic N) is 3. The predicted molar refractivity (Wildman–Crippen MR) is 148 cm³/mol. The highest BCUT2D eigenvalue weighted by Gasteiger charge is 2.34. The number of ether oxygens (including phenoxy) is 2. The summed E-state index contributed by atoms with van der Waals surface area (Å²) in [5.41, 5.74) is 5.78. The van der Waals surface area contributed by atoms with Gasteiger partial charge in [-0.05, 0) is 87.9 Å². The standard InChI is InChI=1S/C29H33N3O5S/c1-5-31-28-12-11-25(38(34,35)30-13-15-36-16-14-30)19-26(28)27(29(31)33)18-22-17-20(3)32(21(22)4)23-7-9-24(10-8-23)37-6-2/h7-12,17-19H,5-6,13-16H2,1-4H3/b27-18-. The van der Waals surface area contributed by atoms with Gasteiger partial charge in [-0.3, -0.25) is 4.79 Å². The van der Waals surface area contributed by atoms with Crippen LogP contribution in [-0.4, -0.2) is 62.7 Å². The van der Waals surface area contributed by atoms with Crippen molar-refractivity contribution in [3.8, 4) is 11.4 Å². The average molecular weight is 536 g/mol. The monoisotopic (exact) mass is 535 g/mol. The van der Waals surface area contributed by atoms with Crippen LogP contribution in [0.5, 0.6) is 5.75 Å². The molecule has 0 aliphatic carbocycles. The van der Waals surface area contributed by atoms with E-state index in [1.807, 2.05) is 58.0 Å². The molecule has 3 heterocycles. The van der Waals surface area contributed by atoms with Crippen LogP contribution in [0.25, 0.3) is 17.3 Å². The highest BCUT2D eigenvalue weighted by Crippen LogP contribution is 2.40. The third kappa shape index (κ3) is 4.55. The van der Waals surface area contributed by atoms with Gasteiger partial charge in [0.1, 0.15) is 5.75 Å². The molecular formula is C29H33N3O5S. The molecule has 2 aliphatic rings. The Morgan fingerprint density at radius 3 is 2.37 bits per heavy atom. The average Bonchev–Trinajstić information content (AvgIpc) is 3.36. The zero-order valence-electron chi connectivity index (χ0n) is 22.2. The van der Waals surface area contributed by atoms with Gasteiger partial charge >= 0.3 is 0 Å². The second-order valence-electron chi connectivity index (χ2n) is 9.39. The lowest BCUT2D eigenvalue weighted by Gasteiger charge is -2.26. The Labute approximate surface area is 224 Å². The Hall–Kier alpha value is -3.40. The summed E-state index contributed by atoms with van der Waals surface area (Å²) in [6.07, 6.45) is 1.88. The van der Waals surface area contributed by atoms with Gasteiger partial charge in [-0.2, -0.15) is 4.31 Å². The second-order valence-corrected chi connectivity index (χ2v) is 11.3. The number of likely N-dealkylation sites (N-methyl/N-ethyl adjacent to an activating group) is 1. The zero-order chi connectivity index (χ0) is 27.0. The maximum atomic E-state index is 13.5. The van der Waals surface area contributed by atoms with Gasteiger partial charge in [-0.15, -0.1) is 0 Å². The Kier molecular flexibility index (Phi) is 7.17. The molecule has 3 aromatic rings. The van der Waals surface area contributed by atoms with Crippen molar-refractivity contribution in [2.45, 2.75) is 32.6 Å². The maximum Gasteiger partial charge on any atom is 0.258 e. The number of rotatable bonds is 7. The van der Waals surface area contributed by atoms with Crippen LogP contribution in [0, 0.1) is 13.8 Å². The molecule has 1 amide bonds. The van der Waals surface area contributed by atoms with Crippen LogP contribution in [0.15, 0.2) is 53.4 Å². The lowest BCUT2D eigenvalue weighted by Crippen LogP contribution is -2.40. The number of aromatic nitrogens is 1. The minimum atomic E-state index is -3.69. The van der Waals surface area contributed by atoms with Crippen LogP contribution in [0.4, 0.5) is 5.69 Å². The largest absolute Gasteiger partial charge is 0.494 e. The third-order valence-corrected chi connectivity index (χ3v) is 9.02. The maximum absolute atomic E-state index is 13.5. The molecule has 200 valence electrons. The summed E-state index contributed by atoms with van der Waals surface area (Å²) in [7, 11) is -3.69. The van der Waals surface area contributed by atoms with Crippen molar-refractivity contribution in [2.75, 3.05) is 44.4 Å². The Morgan fingerprint density at radius 2 is 1.71 bits per heavy atom. The molecule has 1 aromatic heterocycles. The van der Waals surface area contributed by atoms with Gasteiger partial charge in [0.2, 0.25) is 10.0 Å². The summed E-state index contributed by atoms with van der Waals surface area (Å²) in [4.78, 5) is 15.4. The number of carbonyl (C=O) groups excluding carboxylic acids is 1. The van der Waals surface area contributed by atoms with E-state index in [4.69, 9.17) is 9.47 Å². The fourth-order valence-corrected chi connectivity index (χ4v) is 6.67. The normalized spacial score (nSPS) is 17.3. The summed E-state index contributed by atoms with van der Waals surface area (Å²) >= 11 is 0. The summed E-state index contributed by atoms with van der Waals surface area (Å²) in [5, 5.41) is 0. The van der Waals surface area contributed by atoms with Crippen molar-refractivity contribution >= 4 is 33.3 Å². The number of hydrogen-bond donors (Lipinski definition) is 0. The van der Waals surface area contributed by atoms with Crippen molar-refractivity contribution in [3.05, 3.63) is 71.0 Å². The first-order valence-electron chi connectivity index (χ1n) is 12.9. The quantitative estimate of drug-likeness (QED) is 0.419. The molecule has 38 heavy (non-hydrogen) atoms. The van der Waals surface area contributed by atoms with Crippen LogP contribution in [0.1, 0.15) is 36.4 Å². The number of sulfonamides is 1. The third-order valence-electron chi connectivity index (χ3n) is 7.12. The molecule has 0 saturated carbocycles. The minimum absolute atomic E-state index is 0.130. The van der Waals surface area contributed by atoms with E-state index in [2.05, 4.69) is 10.6 Å². The summed E-state index contributed by atoms with van der Waals surface area (Å²) in [6, 6.07) is 15.0. The van der Waals surface area contributed by atoms with Gasteiger partial charge in [0, 0.05) is 47.8 Å². The molecule has 0 N–H and O–H groups in total. The first kappa shape index (κ1) is 26.2. The molecular weight excluding hydrogens is 502 g/mol. The smallest absolute Gasteiger partial charge is 0.258 e. The van der Waals surface area contributed by atoms with Crippen molar-refractivity contribution < 1.29 is 22.7 Å². The van der Waals surface area contributed by atoms with Crippen LogP contribution < -0.4 is 9.64 Å². The van der Waals surface area contributed by atoms with Crippen molar-refractivity contribution in [1.29, 1.82) is 0 Å². The Balaban J connectivity index is 1.56. The number of amides is 1. The molecule has 9 heteroatoms. The highest BCUT2D eigenvalue weighted by atomic mass is 32.2. The number of hydrogen-bond acceptors (Lipinski definition) is 5. The zero-order valence-corrected chi connectivity index (χ0v) is 23.0. The van der Waals surface area contributed by atoms with Crippen molar-refractivity contribution in [3.63, 3.8) is 0 Å². The van der Waals surface area contributed by atoms with Gasteiger partial charge in [-0.25, -0.2) is 8.42 Å². The van der Waals surface area contributed by atoms with Crippen LogP contribution in [0.2, 0.25) is 0 Å². The first-order chi connectivity index (χ1) is 18.3. The van der Waals surface area contributed by atoms with Crippen LogP contribution in [0.3, 0.4) is 0 Å². The molecule has 2 aliphatic heterocycles. The molecule has 8 nitrogen and oxygen atoms in total. The van der Waals surface area contributed by atoms with Gasteiger partial charge in [0.05, 0.1) is 30.4 Å². The van der Waals surface area contributed by atoms with Crippen molar-refractivity contribution in [1.82, 2.24) is 8.87 Å². The SMILES string of the molecule is CCOc1ccc(-n2c(C)cc(/C=C3\C(=O)N(CC)c4ccc(S(=O)(=O)N5CCOCC5)cc43)c2C)cc1. The van der Waals surface area contributed by atoms with Crippen LogP contribution in [-0.2, 0) is 19.6 Å². The molecule has 1 saturated heterocycles. The predicted octanol–water partition coefficient (Wildman–Crippen LogP) is 4.42. The number of morpholine rings is 1. The summed E-state index contributed by atoms with van der Waals surface area (Å²) < 4.78 is 41.2. The van der Waals surface area contributed by atoms with E-state index in [0.29, 0.717) is 50.6 Å². The Morgan fingerprint density at radius 1 is 1.00 bits per heavy atom. The van der Waals surface area contributed by atoms with E-state index in [1.165, 1.54) is 4.31 Å². The molecule has 5 rings (SSSR count). The Bertz CT molecular complexity index is 1500. The molecule has 0 spiro atoms. The van der Waals surface area contributed by atoms with E-state index in [0.717, 1.165) is 34.1 Å². The highest BCUT2D eigenvalue weighted by molar-refractivity contribution is 7.89. The first-order valence-corrected chi connectivity index (χ1v) is 14.4. The molecule has 0 unspecified atom stereocenters. The minimum Gasteiger partial charge on any atom is -0.494 e. The van der Waals surface area contributed by atoms with E-state index >= 15 is 0 Å². The molecule has 1 fully saturated rings. The molecule has 0 atom stereocenters. The van der Waals surface area contributed by atoms with Gasteiger partial charge in [-0.1, -0.05) is 0 Å². The van der Waals surface area contributed by atoms with Crippen LogP contribution >= 0.6 is 0 Å². The lowest BCUT2D eigenvalue weighted by atomic mass is 10.0. The van der Waals surface area contributed by atoms with E-state index in [9.17, 15) is 13.2 Å². The van der Waals surface area contributed by atoms with E-state index < -0.39 is 10.0 Å². The van der Waals surface area contributed by atoms with E-state index in [1.54, 1.807) is 23.1 Å². The number of fused-ring (bicyclic) bond motifs is 1. The van der Waals surface area contributed by atoms with Gasteiger partial charge in [0.25, 0.3) is 5.91 Å². The number of anilines is 1. The lowest BCUT2D eigenvalue weighted by molar-refractivity contribution is -0.112. The fraction of sp³-hybridized carbons (Fsp3) is 0.345. The van der Waals surface area contributed by atoms with Gasteiger partial charge in [0.15, 0.2) is 0 Å². The van der Waals surface area contributed by atoms with Crippen molar-refractivity contribution in [2.24, 2.45) is 0 Å². The summed E-state index contributed by atoms with van der Waals surface area (Å²) in [5.74, 6) is 0.686. The molecule has 2 aromatic carbocycles. The topological polar surface area (TPSA) is 81.1 Å². The second kappa shape index (κ2) is 10.4. The van der Waals surface area contributed by atoms with E-state index in [-0.39, 0.29) is 10.8 Å². The number of aryl methyl sites for hydroxylation is 1.